The smallest absolute Gasteiger partial charge is 0.246 e. The van der Waals surface area contributed by atoms with Crippen molar-refractivity contribution < 1.29 is 13.2 Å². The van der Waals surface area contributed by atoms with Gasteiger partial charge in [0.25, 0.3) is 0 Å². The van der Waals surface area contributed by atoms with E-state index >= 15 is 0 Å². The molecule has 2 heterocycles. The van der Waals surface area contributed by atoms with Crippen LogP contribution in [0.4, 0.5) is 0 Å². The first kappa shape index (κ1) is 16.0. The van der Waals surface area contributed by atoms with E-state index in [1.54, 1.807) is 30.6 Å². The minimum absolute atomic E-state index is 0.110. The topological polar surface area (TPSA) is 90.5 Å². The van der Waals surface area contributed by atoms with Crippen LogP contribution in [0.5, 0.6) is 5.75 Å². The predicted octanol–water partition coefficient (Wildman–Crippen LogP) is 0.544. The van der Waals surface area contributed by atoms with Crippen LogP contribution < -0.4 is 10.5 Å². The highest BCUT2D eigenvalue weighted by atomic mass is 32.2. The molecule has 1 aliphatic rings. The summed E-state index contributed by atoms with van der Waals surface area (Å²) in [6.45, 7) is 0.584. The van der Waals surface area contributed by atoms with Gasteiger partial charge in [0, 0.05) is 38.3 Å². The molecule has 3 rings (SSSR count). The quantitative estimate of drug-likeness (QED) is 0.880. The Bertz CT molecular complexity index is 803. The van der Waals surface area contributed by atoms with E-state index < -0.39 is 10.0 Å². The van der Waals surface area contributed by atoms with Crippen molar-refractivity contribution in [3.8, 4) is 5.75 Å². The molecular formula is C15H20N4O3S. The maximum absolute atomic E-state index is 12.9. The van der Waals surface area contributed by atoms with Gasteiger partial charge in [-0.3, -0.25) is 0 Å². The summed E-state index contributed by atoms with van der Waals surface area (Å²) in [6.07, 6.45) is 3.57. The van der Waals surface area contributed by atoms with Gasteiger partial charge in [-0.15, -0.1) is 0 Å². The van der Waals surface area contributed by atoms with Gasteiger partial charge in [0.05, 0.1) is 19.1 Å². The van der Waals surface area contributed by atoms with Crippen LogP contribution in [0.15, 0.2) is 41.7 Å². The van der Waals surface area contributed by atoms with Crippen LogP contribution in [0.3, 0.4) is 0 Å². The van der Waals surface area contributed by atoms with Gasteiger partial charge < -0.3 is 15.0 Å². The number of aryl methyl sites for hydroxylation is 1. The highest BCUT2D eigenvalue weighted by molar-refractivity contribution is 7.89. The van der Waals surface area contributed by atoms with Crippen LogP contribution in [0.25, 0.3) is 0 Å². The van der Waals surface area contributed by atoms with Crippen molar-refractivity contribution in [2.75, 3.05) is 20.2 Å². The Balaban J connectivity index is 1.90. The Labute approximate surface area is 135 Å². The normalized spacial score (nSPS) is 22.4. The van der Waals surface area contributed by atoms with Gasteiger partial charge >= 0.3 is 0 Å². The highest BCUT2D eigenvalue weighted by Gasteiger charge is 2.40. The average Bonchev–Trinajstić information content (AvgIpc) is 3.13. The fourth-order valence-corrected chi connectivity index (χ4v) is 4.56. The summed E-state index contributed by atoms with van der Waals surface area (Å²) in [5.41, 5.74) is 6.99. The van der Waals surface area contributed by atoms with Crippen molar-refractivity contribution in [2.45, 2.75) is 16.9 Å². The van der Waals surface area contributed by atoms with E-state index in [1.807, 2.05) is 17.8 Å². The minimum atomic E-state index is -3.65. The first-order valence-electron chi connectivity index (χ1n) is 7.30. The number of hydrogen-bond acceptors (Lipinski definition) is 5. The summed E-state index contributed by atoms with van der Waals surface area (Å²) in [5, 5.41) is 0. The predicted molar refractivity (Wildman–Crippen MR) is 85.7 cm³/mol. The van der Waals surface area contributed by atoms with Crippen LogP contribution in [0.2, 0.25) is 0 Å². The number of ether oxygens (including phenoxy) is 1. The van der Waals surface area contributed by atoms with Crippen LogP contribution in [-0.4, -0.2) is 48.5 Å². The maximum Gasteiger partial charge on any atom is 0.246 e. The molecule has 0 radical (unpaired) electrons. The van der Waals surface area contributed by atoms with Crippen molar-refractivity contribution in [3.63, 3.8) is 0 Å². The number of methoxy groups -OCH3 is 1. The summed E-state index contributed by atoms with van der Waals surface area (Å²) in [7, 11) is -0.320. The lowest BCUT2D eigenvalue weighted by molar-refractivity contribution is 0.398. The number of nitrogens with zero attached hydrogens (tertiary/aromatic N) is 3. The van der Waals surface area contributed by atoms with E-state index in [-0.39, 0.29) is 23.4 Å². The Hall–Kier alpha value is -1.90. The Kier molecular flexibility index (Phi) is 4.13. The molecule has 7 nitrogen and oxygen atoms in total. The molecule has 0 amide bonds. The van der Waals surface area contributed by atoms with Crippen molar-refractivity contribution in [2.24, 2.45) is 12.8 Å². The lowest BCUT2D eigenvalue weighted by Crippen LogP contribution is -2.32. The highest BCUT2D eigenvalue weighted by Crippen LogP contribution is 2.32. The molecule has 1 fully saturated rings. The Morgan fingerprint density at radius 1 is 1.30 bits per heavy atom. The molecule has 1 saturated heterocycles. The fraction of sp³-hybridized carbons (Fsp3) is 0.400. The molecule has 2 aromatic rings. The molecule has 2 N–H and O–H groups in total. The van der Waals surface area contributed by atoms with E-state index in [4.69, 9.17) is 10.5 Å². The summed E-state index contributed by atoms with van der Waals surface area (Å²) in [5.74, 6) is 0.225. The van der Waals surface area contributed by atoms with Gasteiger partial charge in [-0.05, 0) is 12.1 Å². The summed E-state index contributed by atoms with van der Waals surface area (Å²) in [6, 6.07) is 6.33. The second kappa shape index (κ2) is 5.95. The van der Waals surface area contributed by atoms with Crippen molar-refractivity contribution in [1.29, 1.82) is 0 Å². The first-order valence-corrected chi connectivity index (χ1v) is 8.74. The second-order valence-electron chi connectivity index (χ2n) is 5.71. The molecule has 0 saturated carbocycles. The molecule has 8 heteroatoms. The number of nitrogens with two attached hydrogens (primary N) is 1. The molecule has 0 unspecified atom stereocenters. The average molecular weight is 336 g/mol. The van der Waals surface area contributed by atoms with E-state index in [1.165, 1.54) is 11.4 Å². The van der Waals surface area contributed by atoms with Gasteiger partial charge in [0.2, 0.25) is 10.0 Å². The molecule has 124 valence electrons. The zero-order valence-electron chi connectivity index (χ0n) is 13.1. The molecule has 0 spiro atoms. The van der Waals surface area contributed by atoms with Gasteiger partial charge in [0.1, 0.15) is 10.6 Å². The zero-order valence-corrected chi connectivity index (χ0v) is 13.9. The van der Waals surface area contributed by atoms with E-state index in [0.717, 1.165) is 5.69 Å². The first-order chi connectivity index (χ1) is 10.9. The van der Waals surface area contributed by atoms with Crippen LogP contribution >= 0.6 is 0 Å². The van der Waals surface area contributed by atoms with Crippen LogP contribution in [0, 0.1) is 0 Å². The van der Waals surface area contributed by atoms with Gasteiger partial charge in [-0.2, -0.15) is 4.31 Å². The molecule has 1 aromatic heterocycles. The minimum Gasteiger partial charge on any atom is -0.495 e. The Morgan fingerprint density at radius 2 is 2.04 bits per heavy atom. The molecule has 0 aliphatic carbocycles. The largest absolute Gasteiger partial charge is 0.495 e. The SMILES string of the molecule is COc1ccccc1S(=O)(=O)N1C[C@@H](N)[C@H](c2cn(C)cn2)C1. The maximum atomic E-state index is 12.9. The van der Waals surface area contributed by atoms with E-state index in [0.29, 0.717) is 12.3 Å². The lowest BCUT2D eigenvalue weighted by atomic mass is 10.0. The number of para-hydroxylation sites is 1. The molecule has 0 bridgehead atoms. The lowest BCUT2D eigenvalue weighted by Gasteiger charge is -2.17. The number of rotatable bonds is 4. The van der Waals surface area contributed by atoms with E-state index in [9.17, 15) is 8.42 Å². The molecular weight excluding hydrogens is 316 g/mol. The summed E-state index contributed by atoms with van der Waals surface area (Å²) < 4.78 is 34.2. The number of hydrogen-bond donors (Lipinski definition) is 1. The van der Waals surface area contributed by atoms with Crippen molar-refractivity contribution >= 4 is 10.0 Å². The number of sulfonamides is 1. The standard InChI is InChI=1S/C15H20N4O3S/c1-18-9-13(17-10-18)11-7-19(8-12(11)16)23(20,21)15-6-4-3-5-14(15)22-2/h3-6,9-12H,7-8,16H2,1-2H3/t11-,12-/m1/s1. The zero-order chi connectivity index (χ0) is 16.6. The monoisotopic (exact) mass is 336 g/mol. The third-order valence-electron chi connectivity index (χ3n) is 4.12. The van der Waals surface area contributed by atoms with Gasteiger partial charge in [-0.25, -0.2) is 13.4 Å². The van der Waals surface area contributed by atoms with Crippen molar-refractivity contribution in [1.82, 2.24) is 13.9 Å². The molecule has 1 aromatic carbocycles. The summed E-state index contributed by atoms with van der Waals surface area (Å²) in [4.78, 5) is 4.47. The molecule has 1 aliphatic heterocycles. The number of aromatic nitrogens is 2. The van der Waals surface area contributed by atoms with Gasteiger partial charge in [0.15, 0.2) is 0 Å². The summed E-state index contributed by atoms with van der Waals surface area (Å²) >= 11 is 0. The number of benzene rings is 1. The Morgan fingerprint density at radius 3 is 2.70 bits per heavy atom. The molecule has 23 heavy (non-hydrogen) atoms. The third-order valence-corrected chi connectivity index (χ3v) is 5.99. The number of imidazole rings is 1. The van der Waals surface area contributed by atoms with Crippen molar-refractivity contribution in [3.05, 3.63) is 42.5 Å². The molecule has 2 atom stereocenters. The fourth-order valence-electron chi connectivity index (χ4n) is 2.90. The third kappa shape index (κ3) is 2.85. The van der Waals surface area contributed by atoms with Crippen LogP contribution in [-0.2, 0) is 17.1 Å². The van der Waals surface area contributed by atoms with Crippen LogP contribution in [0.1, 0.15) is 11.6 Å². The van der Waals surface area contributed by atoms with Gasteiger partial charge in [-0.1, -0.05) is 12.1 Å². The second-order valence-corrected chi connectivity index (χ2v) is 7.61. The van der Waals surface area contributed by atoms with E-state index in [2.05, 4.69) is 4.98 Å².